The molecular formula is C49H50N8O6. The summed E-state index contributed by atoms with van der Waals surface area (Å²) in [4.78, 5) is 73.4. The van der Waals surface area contributed by atoms with Gasteiger partial charge >= 0.3 is 12.2 Å². The van der Waals surface area contributed by atoms with E-state index in [1.807, 2.05) is 71.8 Å². The molecule has 4 heterocycles. The fourth-order valence-corrected chi connectivity index (χ4v) is 9.33. The minimum Gasteiger partial charge on any atom is -0.453 e. The fourth-order valence-electron chi connectivity index (χ4n) is 9.33. The van der Waals surface area contributed by atoms with Gasteiger partial charge in [0, 0.05) is 24.3 Å². The first kappa shape index (κ1) is 41.1. The Labute approximate surface area is 365 Å². The number of fused-ring (bicyclic) bond motifs is 3. The van der Waals surface area contributed by atoms with Crippen molar-refractivity contribution in [3.63, 3.8) is 0 Å². The van der Waals surface area contributed by atoms with Crippen molar-refractivity contribution in [2.24, 2.45) is 0 Å². The predicted octanol–water partition coefficient (Wildman–Crippen LogP) is 8.14. The Hall–Kier alpha value is -7.22. The number of aromatic nitrogens is 4. The number of aromatic amines is 2. The van der Waals surface area contributed by atoms with Gasteiger partial charge in [-0.05, 0) is 78.3 Å². The second-order valence-corrected chi connectivity index (χ2v) is 16.3. The summed E-state index contributed by atoms with van der Waals surface area (Å²) in [6, 6.07) is 31.1. The molecule has 14 heteroatoms. The molecule has 2 aliphatic heterocycles. The summed E-state index contributed by atoms with van der Waals surface area (Å²) in [6.07, 6.45) is 6.35. The summed E-state index contributed by atoms with van der Waals surface area (Å²) in [5.41, 5.74) is 9.71. The number of imidazole rings is 2. The van der Waals surface area contributed by atoms with Crippen molar-refractivity contribution >= 4 is 24.0 Å². The molecule has 0 bridgehead atoms. The number of nitrogens with zero attached hydrogens (tertiary/aromatic N) is 4. The van der Waals surface area contributed by atoms with E-state index in [0.717, 1.165) is 90.1 Å². The molecule has 4 atom stereocenters. The van der Waals surface area contributed by atoms with Crippen LogP contribution < -0.4 is 10.6 Å². The number of methoxy groups -OCH3 is 2. The number of nitrogens with one attached hydrogen (secondary N) is 4. The molecule has 4 aromatic carbocycles. The zero-order chi connectivity index (χ0) is 43.5. The lowest BCUT2D eigenvalue weighted by Gasteiger charge is -2.28. The van der Waals surface area contributed by atoms with Crippen LogP contribution in [-0.2, 0) is 31.9 Å². The second kappa shape index (κ2) is 18.0. The Balaban J connectivity index is 0.908. The van der Waals surface area contributed by atoms with Gasteiger partial charge in [0.15, 0.2) is 0 Å². The summed E-state index contributed by atoms with van der Waals surface area (Å²) in [5.74, 6) is 1.07. The monoisotopic (exact) mass is 846 g/mol. The van der Waals surface area contributed by atoms with Crippen LogP contribution in [0.3, 0.4) is 0 Å². The van der Waals surface area contributed by atoms with Gasteiger partial charge < -0.3 is 39.9 Å². The summed E-state index contributed by atoms with van der Waals surface area (Å²) in [5, 5.41) is 5.47. The number of ether oxygens (including phenoxy) is 2. The number of carbonyl (C=O) groups is 4. The first-order valence-electron chi connectivity index (χ1n) is 21.6. The van der Waals surface area contributed by atoms with Gasteiger partial charge in [-0.3, -0.25) is 9.59 Å². The summed E-state index contributed by atoms with van der Waals surface area (Å²) in [7, 11) is 2.58. The molecule has 4 N–H and O–H groups in total. The van der Waals surface area contributed by atoms with E-state index >= 15 is 0 Å². The molecule has 3 aliphatic rings. The molecule has 4 amide bonds. The van der Waals surface area contributed by atoms with Gasteiger partial charge in [-0.25, -0.2) is 19.6 Å². The third kappa shape index (κ3) is 8.40. The first-order chi connectivity index (χ1) is 30.8. The normalized spacial score (nSPS) is 17.8. The van der Waals surface area contributed by atoms with E-state index in [4.69, 9.17) is 19.4 Å². The van der Waals surface area contributed by atoms with Crippen LogP contribution in [0.5, 0.6) is 0 Å². The Kier molecular flexibility index (Phi) is 11.8. The lowest BCUT2D eigenvalue weighted by molar-refractivity contribution is -0.135. The average molecular weight is 847 g/mol. The third-order valence-corrected chi connectivity index (χ3v) is 12.5. The minimum absolute atomic E-state index is 0.194. The molecule has 0 unspecified atom stereocenters. The number of amides is 4. The van der Waals surface area contributed by atoms with E-state index in [0.29, 0.717) is 30.0 Å². The van der Waals surface area contributed by atoms with Gasteiger partial charge in [0.05, 0.1) is 43.9 Å². The highest BCUT2D eigenvalue weighted by molar-refractivity contribution is 5.88. The Morgan fingerprint density at radius 3 is 1.79 bits per heavy atom. The van der Waals surface area contributed by atoms with Crippen LogP contribution in [0.1, 0.15) is 90.3 Å². The van der Waals surface area contributed by atoms with E-state index in [-0.39, 0.29) is 23.9 Å². The van der Waals surface area contributed by atoms with E-state index < -0.39 is 24.3 Å². The summed E-state index contributed by atoms with van der Waals surface area (Å²) >= 11 is 0. The number of likely N-dealkylation sites (tertiary alicyclic amines) is 2. The van der Waals surface area contributed by atoms with Gasteiger partial charge in [-0.2, -0.15) is 0 Å². The maximum Gasteiger partial charge on any atom is 0.407 e. The van der Waals surface area contributed by atoms with Gasteiger partial charge in [0.2, 0.25) is 0 Å². The minimum atomic E-state index is -0.883. The third-order valence-electron chi connectivity index (χ3n) is 12.5. The standard InChI is InChI=1S/C49H50N8O6/c1-62-48(60)54-41(32-12-5-3-6-13-32)46(58)56-26-10-18-39(56)44-50-29-38(52-44)31-22-20-30(21-23-31)34-24-25-36-35(28-34)16-9-17-37-43(36)53-45(51-37)40-19-11-27-57(40)47(59)42(55-49(61)63-2)33-14-7-4-8-15-33/h3-8,12-15,20-25,28-29,39-42H,9-11,16-19,26-27H2,1-2H3,(H,50,52)(H,51,53)(H,54,60)(H,55,61)/t39-,40-,41+,42+/m0/s1. The smallest absolute Gasteiger partial charge is 0.407 e. The number of rotatable bonds is 10. The van der Waals surface area contributed by atoms with Crippen LogP contribution in [0.25, 0.3) is 33.6 Å². The van der Waals surface area contributed by atoms with Crippen LogP contribution >= 0.6 is 0 Å². The molecule has 1 aliphatic carbocycles. The quantitative estimate of drug-likeness (QED) is 0.107. The highest BCUT2D eigenvalue weighted by Crippen LogP contribution is 2.39. The molecular weight excluding hydrogens is 797 g/mol. The van der Waals surface area contributed by atoms with Gasteiger partial charge in [-0.1, -0.05) is 103 Å². The Morgan fingerprint density at radius 1 is 0.651 bits per heavy atom. The van der Waals surface area contributed by atoms with Crippen LogP contribution in [-0.4, -0.2) is 81.0 Å². The molecule has 0 radical (unpaired) electrons. The largest absolute Gasteiger partial charge is 0.453 e. The van der Waals surface area contributed by atoms with Crippen molar-refractivity contribution in [1.29, 1.82) is 0 Å². The predicted molar refractivity (Wildman–Crippen MR) is 236 cm³/mol. The van der Waals surface area contributed by atoms with Crippen molar-refractivity contribution in [3.05, 3.63) is 143 Å². The molecule has 2 saturated heterocycles. The van der Waals surface area contributed by atoms with Gasteiger partial charge in [0.25, 0.3) is 11.8 Å². The van der Waals surface area contributed by atoms with Crippen LogP contribution in [0.15, 0.2) is 109 Å². The highest BCUT2D eigenvalue weighted by atomic mass is 16.5. The number of hydrogen-bond donors (Lipinski definition) is 4. The van der Waals surface area contributed by atoms with Gasteiger partial charge in [-0.15, -0.1) is 0 Å². The molecule has 14 nitrogen and oxygen atoms in total. The molecule has 2 fully saturated rings. The molecule has 6 aromatic rings. The molecule has 0 saturated carbocycles. The zero-order valence-electron chi connectivity index (χ0n) is 35.3. The second-order valence-electron chi connectivity index (χ2n) is 16.3. The summed E-state index contributed by atoms with van der Waals surface area (Å²) in [6.45, 7) is 1.12. The molecule has 322 valence electrons. The van der Waals surface area contributed by atoms with E-state index in [1.54, 1.807) is 4.90 Å². The number of alkyl carbamates (subject to hydrolysis) is 2. The van der Waals surface area contributed by atoms with Crippen molar-refractivity contribution in [2.45, 2.75) is 69.1 Å². The molecule has 63 heavy (non-hydrogen) atoms. The van der Waals surface area contributed by atoms with Crippen molar-refractivity contribution in [1.82, 2.24) is 40.4 Å². The number of hydrogen-bond acceptors (Lipinski definition) is 8. The number of carbonyl (C=O) groups excluding carboxylic acids is 4. The Morgan fingerprint density at radius 2 is 1.21 bits per heavy atom. The van der Waals surface area contributed by atoms with Gasteiger partial charge in [0.1, 0.15) is 23.7 Å². The molecule has 2 aromatic heterocycles. The topological polar surface area (TPSA) is 175 Å². The lowest BCUT2D eigenvalue weighted by atomic mass is 9.95. The molecule has 9 rings (SSSR count). The van der Waals surface area contributed by atoms with Crippen LogP contribution in [0, 0.1) is 0 Å². The van der Waals surface area contributed by atoms with Crippen LogP contribution in [0.4, 0.5) is 9.59 Å². The van der Waals surface area contributed by atoms with E-state index in [9.17, 15) is 19.2 Å². The summed E-state index contributed by atoms with van der Waals surface area (Å²) < 4.78 is 9.72. The van der Waals surface area contributed by atoms with Crippen molar-refractivity contribution in [3.8, 4) is 33.6 Å². The number of H-pyrrole nitrogens is 2. The highest BCUT2D eigenvalue weighted by Gasteiger charge is 2.39. The zero-order valence-corrected chi connectivity index (χ0v) is 35.3. The fraction of sp³-hybridized carbons (Fsp3) is 0.306. The average Bonchev–Trinajstić information content (AvgIpc) is 4.17. The number of aryl methyl sites for hydroxylation is 2. The number of benzene rings is 4. The maximum absolute atomic E-state index is 14.1. The lowest BCUT2D eigenvalue weighted by Crippen LogP contribution is -2.42. The SMILES string of the molecule is COC(=O)N[C@@H](C(=O)N1CCC[C@H]1c1ncc(-c2ccc(-c3ccc4c(c3)CCCc3[nH]c([C@@H]5CCCN5C(=O)[C@H](NC(=O)OC)c5ccccc5)nc3-4)cc2)[nH]1)c1ccccc1. The van der Waals surface area contributed by atoms with Crippen molar-refractivity contribution < 1.29 is 28.7 Å². The van der Waals surface area contributed by atoms with Crippen LogP contribution in [0.2, 0.25) is 0 Å². The van der Waals surface area contributed by atoms with E-state index in [2.05, 4.69) is 63.1 Å². The van der Waals surface area contributed by atoms with Crippen molar-refractivity contribution in [2.75, 3.05) is 27.3 Å². The first-order valence-corrected chi connectivity index (χ1v) is 21.6. The Bertz CT molecular complexity index is 2610. The van der Waals surface area contributed by atoms with E-state index in [1.165, 1.54) is 19.8 Å². The maximum atomic E-state index is 14.1. The molecule has 0 spiro atoms.